The third kappa shape index (κ3) is 10.3. The van der Waals surface area contributed by atoms with E-state index in [2.05, 4.69) is 10.2 Å². The molecule has 0 aromatic heterocycles. The summed E-state index contributed by atoms with van der Waals surface area (Å²) < 4.78 is 0. The van der Waals surface area contributed by atoms with Crippen LogP contribution < -0.4 is 11.1 Å². The van der Waals surface area contributed by atoms with Crippen LogP contribution in [0.1, 0.15) is 52.4 Å². The van der Waals surface area contributed by atoms with Gasteiger partial charge < -0.3 is 15.9 Å². The lowest BCUT2D eigenvalue weighted by atomic mass is 10.1. The summed E-state index contributed by atoms with van der Waals surface area (Å²) in [7, 11) is 3.67. The summed E-state index contributed by atoms with van der Waals surface area (Å²) in [4.78, 5) is 60.3. The number of hydroxylamine groups is 2. The standard InChI is InChI=1S/C10H21N3O2.C7H9NO4/c1-8(14)12-7-5-4-6-9(10(11)15)13(2)3;1-2-7(11)12-8-5(9)3-4-6(8)10/h9H,4-7H2,1-3H3,(H2,11,15)(H,12,14);2-4H2,1H3/i1+1,8+1,13+1;1+1. The van der Waals surface area contributed by atoms with Gasteiger partial charge in [-0.3, -0.25) is 24.1 Å². The van der Waals surface area contributed by atoms with E-state index in [1.165, 1.54) is 6.92 Å². The molecule has 1 heterocycles. The van der Waals surface area contributed by atoms with Gasteiger partial charge in [0.2, 0.25) is 11.8 Å². The van der Waals surface area contributed by atoms with Crippen molar-refractivity contribution in [3.63, 3.8) is 0 Å². The lowest BCUT2D eigenvalue weighted by Crippen LogP contribution is -2.40. The number of nitrogens with two attached hydrogens (primary N) is 1. The molecule has 0 spiro atoms. The number of nitrogens with zero attached hydrogens (tertiary/aromatic N) is 2. The molecule has 0 aliphatic carbocycles. The maximum atomic E-state index is 11.0. The number of carbonyl (C=O) groups is 5. The molecule has 0 aromatic rings. The number of nitrogens with one attached hydrogen (secondary N) is 1. The predicted molar refractivity (Wildman–Crippen MR) is 96.7 cm³/mol. The molecule has 27 heavy (non-hydrogen) atoms. The van der Waals surface area contributed by atoms with Crippen molar-refractivity contribution in [3.8, 4) is 0 Å². The van der Waals surface area contributed by atoms with E-state index in [-0.39, 0.29) is 37.1 Å². The first-order valence-corrected chi connectivity index (χ1v) is 8.86. The third-order valence-corrected chi connectivity index (χ3v) is 3.72. The fraction of sp³-hybridized carbons (Fsp3) is 0.706. The Morgan fingerprint density at radius 1 is 1.19 bits per heavy atom. The molecule has 0 radical (unpaired) electrons. The minimum absolute atomic E-state index is 0.0194. The number of hydrogen-bond acceptors (Lipinski definition) is 7. The van der Waals surface area contributed by atoms with Gasteiger partial charge in [0.15, 0.2) is 0 Å². The molecule has 3 N–H and O–H groups in total. The molecule has 1 aliphatic rings. The van der Waals surface area contributed by atoms with Crippen molar-refractivity contribution in [3.05, 3.63) is 0 Å². The monoisotopic (exact) mass is 390 g/mol. The number of primary amides is 1. The Labute approximate surface area is 159 Å². The van der Waals surface area contributed by atoms with E-state index >= 15 is 0 Å². The maximum absolute atomic E-state index is 11.0. The molecule has 0 saturated carbocycles. The van der Waals surface area contributed by atoms with Crippen molar-refractivity contribution in [2.24, 2.45) is 5.73 Å². The van der Waals surface area contributed by atoms with Crippen LogP contribution in [0.2, 0.25) is 0 Å². The van der Waals surface area contributed by atoms with Crippen LogP contribution in [0.15, 0.2) is 0 Å². The number of likely N-dealkylation sites (N-methyl/N-ethyl adjacent to an activating group) is 1. The van der Waals surface area contributed by atoms with Gasteiger partial charge in [-0.2, -0.15) is 0 Å². The Bertz CT molecular complexity index is 534. The molecular weight excluding hydrogens is 360 g/mol. The van der Waals surface area contributed by atoms with Crippen LogP contribution in [0.5, 0.6) is 0 Å². The smallest absolute Gasteiger partial charge is 0.332 e. The zero-order valence-corrected chi connectivity index (χ0v) is 16.4. The van der Waals surface area contributed by atoms with E-state index in [4.69, 9.17) is 5.73 Å². The van der Waals surface area contributed by atoms with Crippen molar-refractivity contribution >= 4 is 29.6 Å². The van der Waals surface area contributed by atoms with Gasteiger partial charge in [0, 0.05) is 32.7 Å². The third-order valence-electron chi connectivity index (χ3n) is 3.72. The minimum Gasteiger partial charge on any atom is -0.368 e. The summed E-state index contributed by atoms with van der Waals surface area (Å²) >= 11 is 0. The van der Waals surface area contributed by atoms with Crippen LogP contribution in [0, 0.1) is 0 Å². The van der Waals surface area contributed by atoms with E-state index < -0.39 is 17.8 Å². The molecule has 1 unspecified atom stereocenters. The molecule has 10 heteroatoms. The average Bonchev–Trinajstić information content (AvgIpc) is 2.89. The Kier molecular flexibility index (Phi) is 11.6. The molecule has 1 saturated heterocycles. The van der Waals surface area contributed by atoms with Gasteiger partial charge >= 0.3 is 5.97 Å². The van der Waals surface area contributed by atoms with Crippen LogP contribution in [0.25, 0.3) is 0 Å². The average molecular weight is 390 g/mol. The van der Waals surface area contributed by atoms with Crippen molar-refractivity contribution in [2.45, 2.75) is 58.4 Å². The van der Waals surface area contributed by atoms with Crippen LogP contribution in [-0.4, -0.2) is 66.2 Å². The SMILES string of the molecule is C[15N](C)C(CCCCN[13C]([13CH3])=O)C(N)=O.[13CH3]CC(=O)ON1C(=O)CCC1=O. The predicted octanol–water partition coefficient (Wildman–Crippen LogP) is -0.288. The normalized spacial score (nSPS) is 14.5. The molecule has 1 fully saturated rings. The van der Waals surface area contributed by atoms with E-state index in [0.29, 0.717) is 11.6 Å². The molecule has 1 atom stereocenters. The van der Waals surface area contributed by atoms with Crippen LogP contribution in [-0.2, 0) is 28.8 Å². The Morgan fingerprint density at radius 2 is 1.74 bits per heavy atom. The molecule has 0 bridgehead atoms. The Hall–Kier alpha value is -2.49. The van der Waals surface area contributed by atoms with Crippen molar-refractivity contribution in [2.75, 3.05) is 20.6 Å². The number of rotatable bonds is 9. The van der Waals surface area contributed by atoms with Gasteiger partial charge in [-0.15, -0.1) is 5.06 Å². The van der Waals surface area contributed by atoms with Crippen LogP contribution in [0.4, 0.5) is 0 Å². The largest absolute Gasteiger partial charge is 0.368 e. The Morgan fingerprint density at radius 3 is 2.15 bits per heavy atom. The molecule has 1 rings (SSSR count). The van der Waals surface area contributed by atoms with Gasteiger partial charge in [-0.05, 0) is 33.4 Å². The lowest BCUT2D eigenvalue weighted by molar-refractivity contribution is -0.197. The number of amides is 4. The van der Waals surface area contributed by atoms with Crippen molar-refractivity contribution in [1.29, 1.82) is 0 Å². The van der Waals surface area contributed by atoms with E-state index in [0.717, 1.165) is 19.3 Å². The van der Waals surface area contributed by atoms with Crippen LogP contribution >= 0.6 is 0 Å². The molecule has 1 aliphatic heterocycles. The summed E-state index contributed by atoms with van der Waals surface area (Å²) in [6, 6.07) is -0.206. The lowest BCUT2D eigenvalue weighted by Gasteiger charge is -2.20. The van der Waals surface area contributed by atoms with Gasteiger partial charge in [0.1, 0.15) is 0 Å². The molecule has 10 nitrogen and oxygen atoms in total. The fourth-order valence-corrected chi connectivity index (χ4v) is 2.21. The second-order valence-electron chi connectivity index (χ2n) is 6.26. The summed E-state index contributed by atoms with van der Waals surface area (Å²) in [6.45, 7) is 3.74. The second-order valence-corrected chi connectivity index (χ2v) is 6.26. The first-order chi connectivity index (χ1) is 12.6. The highest BCUT2D eigenvalue weighted by Gasteiger charge is 2.32. The summed E-state index contributed by atoms with van der Waals surface area (Å²) in [5.74, 6) is -1.77. The van der Waals surface area contributed by atoms with E-state index in [1.807, 2.05) is 19.0 Å². The molecular formula is C17H30N4O6. The van der Waals surface area contributed by atoms with E-state index in [1.54, 1.807) is 6.92 Å². The van der Waals surface area contributed by atoms with Gasteiger partial charge in [0.05, 0.1) is 6.04 Å². The Balaban J connectivity index is 0.000000511. The number of imide groups is 1. The molecule has 4 amide bonds. The van der Waals surface area contributed by atoms with Gasteiger partial charge in [0.25, 0.3) is 11.8 Å². The summed E-state index contributed by atoms with van der Waals surface area (Å²) in [6.07, 6.45) is 2.91. The van der Waals surface area contributed by atoms with E-state index in [9.17, 15) is 24.0 Å². The molecule has 0 aromatic carbocycles. The van der Waals surface area contributed by atoms with Crippen molar-refractivity contribution < 1.29 is 28.8 Å². The highest BCUT2D eigenvalue weighted by molar-refractivity contribution is 6.01. The number of hydrogen-bond donors (Lipinski definition) is 2. The minimum atomic E-state index is -0.571. The first kappa shape index (κ1) is 24.5. The van der Waals surface area contributed by atoms with Gasteiger partial charge in [-0.1, -0.05) is 6.92 Å². The fourth-order valence-electron chi connectivity index (χ4n) is 2.21. The first-order valence-electron chi connectivity index (χ1n) is 8.86. The highest BCUT2D eigenvalue weighted by atomic mass is 16.7. The zero-order chi connectivity index (χ0) is 21.0. The van der Waals surface area contributed by atoms with Crippen molar-refractivity contribution in [1.82, 2.24) is 15.3 Å². The van der Waals surface area contributed by atoms with Crippen LogP contribution in [0.3, 0.4) is 0 Å². The number of unbranched alkanes of at least 4 members (excludes halogenated alkanes) is 1. The zero-order valence-electron chi connectivity index (χ0n) is 16.4. The quantitative estimate of drug-likeness (QED) is 0.239. The summed E-state index contributed by atoms with van der Waals surface area (Å²) in [5, 5.41) is 3.26. The topological polar surface area (TPSA) is 139 Å². The number of carbonyl (C=O) groups excluding carboxylic acids is 5. The summed E-state index contributed by atoms with van der Waals surface area (Å²) in [5.41, 5.74) is 5.25. The van der Waals surface area contributed by atoms with Gasteiger partial charge in [-0.25, -0.2) is 4.79 Å². The highest BCUT2D eigenvalue weighted by Crippen LogP contribution is 2.12. The second kappa shape index (κ2) is 12.8. The molecule has 154 valence electrons. The maximum Gasteiger partial charge on any atom is 0.332 e.